The van der Waals surface area contributed by atoms with Crippen LogP contribution < -0.4 is 5.32 Å². The van der Waals surface area contributed by atoms with Gasteiger partial charge in [0.2, 0.25) is 0 Å². The molecule has 114 valence electrons. The van der Waals surface area contributed by atoms with Crippen LogP contribution in [0.4, 0.5) is 0 Å². The van der Waals surface area contributed by atoms with Gasteiger partial charge in [0, 0.05) is 17.0 Å². The Kier molecular flexibility index (Phi) is 6.90. The van der Waals surface area contributed by atoms with E-state index in [1.807, 2.05) is 6.07 Å². The third kappa shape index (κ3) is 5.25. The number of aryl methyl sites for hydroxylation is 1. The highest BCUT2D eigenvalue weighted by molar-refractivity contribution is 7.09. The zero-order chi connectivity index (χ0) is 14.9. The maximum Gasteiger partial charge on any atom is 0.0932 e. The first-order valence-corrected chi connectivity index (χ1v) is 8.94. The minimum atomic E-state index is 0.675. The molecule has 0 saturated carbocycles. The molecule has 0 radical (unpaired) electrons. The Hall–Kier alpha value is -1.19. The number of rotatable bonds is 9. The van der Waals surface area contributed by atoms with E-state index in [-0.39, 0.29) is 0 Å². The van der Waals surface area contributed by atoms with Crippen LogP contribution in [0.2, 0.25) is 0 Å². The van der Waals surface area contributed by atoms with Gasteiger partial charge in [-0.15, -0.1) is 11.3 Å². The molecule has 2 aromatic rings. The Morgan fingerprint density at radius 2 is 1.95 bits per heavy atom. The molecule has 0 fully saturated rings. The molecule has 1 unspecified atom stereocenters. The van der Waals surface area contributed by atoms with E-state index < -0.39 is 0 Å². The molecule has 3 heteroatoms. The first-order chi connectivity index (χ1) is 10.3. The maximum absolute atomic E-state index is 4.77. The minimum Gasteiger partial charge on any atom is -0.314 e. The topological polar surface area (TPSA) is 24.9 Å². The van der Waals surface area contributed by atoms with Crippen molar-refractivity contribution in [2.45, 2.75) is 52.0 Å². The van der Waals surface area contributed by atoms with Gasteiger partial charge < -0.3 is 5.32 Å². The average molecular weight is 302 g/mol. The molecule has 1 atom stereocenters. The van der Waals surface area contributed by atoms with Crippen LogP contribution in [0.15, 0.2) is 35.7 Å². The van der Waals surface area contributed by atoms with Gasteiger partial charge in [-0.2, -0.15) is 0 Å². The molecular weight excluding hydrogens is 276 g/mol. The number of hydrogen-bond acceptors (Lipinski definition) is 3. The fourth-order valence-corrected chi connectivity index (χ4v) is 3.50. The summed E-state index contributed by atoms with van der Waals surface area (Å²) in [6, 6.07) is 11.1. The molecule has 21 heavy (non-hydrogen) atoms. The summed E-state index contributed by atoms with van der Waals surface area (Å²) in [5, 5.41) is 7.03. The molecule has 1 N–H and O–H groups in total. The summed E-state index contributed by atoms with van der Waals surface area (Å²) in [5.74, 6) is 0. The van der Waals surface area contributed by atoms with Crippen molar-refractivity contribution < 1.29 is 0 Å². The van der Waals surface area contributed by atoms with E-state index >= 15 is 0 Å². The van der Waals surface area contributed by atoms with Crippen molar-refractivity contribution in [3.05, 3.63) is 40.7 Å². The molecule has 2 rings (SSSR count). The SMILES string of the molecule is CCCC(CCCc1nc(-c2ccccc2)cs1)NCC. The smallest absolute Gasteiger partial charge is 0.0932 e. The van der Waals surface area contributed by atoms with Gasteiger partial charge >= 0.3 is 0 Å². The Morgan fingerprint density at radius 3 is 2.67 bits per heavy atom. The van der Waals surface area contributed by atoms with Crippen LogP contribution in [0.5, 0.6) is 0 Å². The van der Waals surface area contributed by atoms with E-state index in [4.69, 9.17) is 4.98 Å². The van der Waals surface area contributed by atoms with E-state index in [2.05, 4.69) is 48.8 Å². The molecule has 1 aromatic carbocycles. The van der Waals surface area contributed by atoms with Crippen molar-refractivity contribution in [3.63, 3.8) is 0 Å². The number of thiazole rings is 1. The lowest BCUT2D eigenvalue weighted by Gasteiger charge is -2.16. The van der Waals surface area contributed by atoms with Gasteiger partial charge in [0.15, 0.2) is 0 Å². The summed E-state index contributed by atoms with van der Waals surface area (Å²) in [6.07, 6.45) is 6.11. The van der Waals surface area contributed by atoms with Crippen LogP contribution in [-0.2, 0) is 6.42 Å². The highest BCUT2D eigenvalue weighted by Gasteiger charge is 2.08. The van der Waals surface area contributed by atoms with Crippen molar-refractivity contribution in [2.75, 3.05) is 6.54 Å². The highest BCUT2D eigenvalue weighted by atomic mass is 32.1. The molecule has 0 aliphatic carbocycles. The van der Waals surface area contributed by atoms with Crippen LogP contribution >= 0.6 is 11.3 Å². The number of nitrogens with zero attached hydrogens (tertiary/aromatic N) is 1. The average Bonchev–Trinajstić information content (AvgIpc) is 2.97. The highest BCUT2D eigenvalue weighted by Crippen LogP contribution is 2.22. The number of benzene rings is 1. The molecule has 1 aromatic heterocycles. The van der Waals surface area contributed by atoms with E-state index in [1.54, 1.807) is 11.3 Å². The summed E-state index contributed by atoms with van der Waals surface area (Å²) in [7, 11) is 0. The first kappa shape index (κ1) is 16.2. The predicted octanol–water partition coefficient (Wildman–Crippen LogP) is 4.91. The van der Waals surface area contributed by atoms with Crippen molar-refractivity contribution >= 4 is 11.3 Å². The molecule has 1 heterocycles. The fourth-order valence-electron chi connectivity index (χ4n) is 2.65. The minimum absolute atomic E-state index is 0.675. The molecule has 0 aliphatic heterocycles. The Balaban J connectivity index is 1.83. The molecule has 0 saturated heterocycles. The van der Waals surface area contributed by atoms with Crippen LogP contribution in [0.1, 0.15) is 44.5 Å². The Bertz CT molecular complexity index is 501. The number of hydrogen-bond donors (Lipinski definition) is 1. The van der Waals surface area contributed by atoms with E-state index in [1.165, 1.54) is 36.3 Å². The molecule has 2 nitrogen and oxygen atoms in total. The predicted molar refractivity (Wildman–Crippen MR) is 92.9 cm³/mol. The summed E-state index contributed by atoms with van der Waals surface area (Å²) in [4.78, 5) is 4.77. The Morgan fingerprint density at radius 1 is 1.14 bits per heavy atom. The van der Waals surface area contributed by atoms with Crippen LogP contribution in [0.3, 0.4) is 0 Å². The molecule has 0 bridgehead atoms. The molecule has 0 amide bonds. The third-order valence-electron chi connectivity index (χ3n) is 3.69. The van der Waals surface area contributed by atoms with E-state index in [0.717, 1.165) is 18.7 Å². The van der Waals surface area contributed by atoms with Gasteiger partial charge in [0.1, 0.15) is 0 Å². The van der Waals surface area contributed by atoms with Gasteiger partial charge in [-0.25, -0.2) is 4.98 Å². The molecule has 0 aliphatic rings. The second-order valence-electron chi connectivity index (χ2n) is 5.43. The van der Waals surface area contributed by atoms with Crippen molar-refractivity contribution in [1.82, 2.24) is 10.3 Å². The van der Waals surface area contributed by atoms with E-state index in [9.17, 15) is 0 Å². The summed E-state index contributed by atoms with van der Waals surface area (Å²) < 4.78 is 0. The Labute approximate surface area is 132 Å². The second-order valence-corrected chi connectivity index (χ2v) is 6.37. The number of aromatic nitrogens is 1. The zero-order valence-corrected chi connectivity index (χ0v) is 14.0. The normalized spacial score (nSPS) is 12.5. The first-order valence-electron chi connectivity index (χ1n) is 8.06. The quantitative estimate of drug-likeness (QED) is 0.712. The third-order valence-corrected chi connectivity index (χ3v) is 4.60. The summed E-state index contributed by atoms with van der Waals surface area (Å²) >= 11 is 1.79. The van der Waals surface area contributed by atoms with Crippen molar-refractivity contribution in [1.29, 1.82) is 0 Å². The largest absolute Gasteiger partial charge is 0.314 e. The van der Waals surface area contributed by atoms with Crippen molar-refractivity contribution in [3.8, 4) is 11.3 Å². The van der Waals surface area contributed by atoms with Crippen LogP contribution in [-0.4, -0.2) is 17.6 Å². The fraction of sp³-hybridized carbons (Fsp3) is 0.500. The summed E-state index contributed by atoms with van der Waals surface area (Å²) in [5.41, 5.74) is 2.34. The zero-order valence-electron chi connectivity index (χ0n) is 13.1. The molecule has 0 spiro atoms. The van der Waals surface area contributed by atoms with Crippen LogP contribution in [0.25, 0.3) is 11.3 Å². The van der Waals surface area contributed by atoms with Crippen molar-refractivity contribution in [2.24, 2.45) is 0 Å². The second kappa shape index (κ2) is 8.96. The van der Waals surface area contributed by atoms with Gasteiger partial charge in [-0.05, 0) is 32.2 Å². The monoisotopic (exact) mass is 302 g/mol. The summed E-state index contributed by atoms with van der Waals surface area (Å²) in [6.45, 7) is 5.52. The lowest BCUT2D eigenvalue weighted by atomic mass is 10.1. The standard InChI is InChI=1S/C18H26N2S/c1-3-9-16(19-4-2)12-8-13-18-20-17(14-21-18)15-10-6-5-7-11-15/h5-7,10-11,14,16,19H,3-4,8-9,12-13H2,1-2H3. The van der Waals surface area contributed by atoms with E-state index in [0.29, 0.717) is 6.04 Å². The lowest BCUT2D eigenvalue weighted by molar-refractivity contribution is 0.447. The van der Waals surface area contributed by atoms with Gasteiger partial charge in [0.05, 0.1) is 10.7 Å². The lowest BCUT2D eigenvalue weighted by Crippen LogP contribution is -2.28. The van der Waals surface area contributed by atoms with Crippen LogP contribution in [0, 0.1) is 0 Å². The molecular formula is C18H26N2S. The number of nitrogens with one attached hydrogen (secondary N) is 1. The van der Waals surface area contributed by atoms with Gasteiger partial charge in [-0.1, -0.05) is 50.6 Å². The van der Waals surface area contributed by atoms with Gasteiger partial charge in [0.25, 0.3) is 0 Å². The maximum atomic E-state index is 4.77. The van der Waals surface area contributed by atoms with Gasteiger partial charge in [-0.3, -0.25) is 0 Å².